The van der Waals surface area contributed by atoms with Gasteiger partial charge >= 0.3 is 0 Å². The van der Waals surface area contributed by atoms with E-state index in [1.165, 1.54) is 6.20 Å². The van der Waals surface area contributed by atoms with E-state index in [-0.39, 0.29) is 36.0 Å². The van der Waals surface area contributed by atoms with Crippen LogP contribution in [0.15, 0.2) is 49.3 Å². The minimum atomic E-state index is -3.49. The number of carbonyl (C=O) groups excluding carboxylic acids is 2. The number of amides is 2. The van der Waals surface area contributed by atoms with Gasteiger partial charge in [0.05, 0.1) is 48.7 Å². The Kier molecular flexibility index (Phi) is 14.0. The lowest BCUT2D eigenvalue weighted by atomic mass is 10.1. The van der Waals surface area contributed by atoms with Gasteiger partial charge in [0.15, 0.2) is 23.3 Å². The largest absolute Gasteiger partial charge is 0.397 e. The molecule has 2 aliphatic rings. The summed E-state index contributed by atoms with van der Waals surface area (Å²) in [6.45, 7) is 12.1. The van der Waals surface area contributed by atoms with Crippen molar-refractivity contribution < 1.29 is 26.4 Å². The van der Waals surface area contributed by atoms with Crippen LogP contribution in [0.5, 0.6) is 0 Å². The number of nitrogen functional groups attached to an aromatic ring is 1. The average molecular weight is 845 g/mol. The van der Waals surface area contributed by atoms with Gasteiger partial charge in [-0.25, -0.2) is 36.8 Å². The van der Waals surface area contributed by atoms with Gasteiger partial charge < -0.3 is 25.3 Å². The molecule has 4 aromatic heterocycles. The number of pyridine rings is 2. The molecule has 6 rings (SSSR count). The molecule has 6 heterocycles. The van der Waals surface area contributed by atoms with Crippen molar-refractivity contribution in [2.45, 2.75) is 78.6 Å². The van der Waals surface area contributed by atoms with E-state index >= 15 is 0 Å². The summed E-state index contributed by atoms with van der Waals surface area (Å²) >= 11 is 0. The van der Waals surface area contributed by atoms with Crippen LogP contribution in [0.2, 0.25) is 0 Å². The summed E-state index contributed by atoms with van der Waals surface area (Å²) in [6.07, 6.45) is 12.9. The molecule has 0 radical (unpaired) electrons. The summed E-state index contributed by atoms with van der Waals surface area (Å²) < 4.78 is 44.6. The van der Waals surface area contributed by atoms with Crippen LogP contribution in [0.4, 0.5) is 34.4 Å². The van der Waals surface area contributed by atoms with Gasteiger partial charge in [-0.3, -0.25) is 24.3 Å². The van der Waals surface area contributed by atoms with Crippen LogP contribution in [0.3, 0.4) is 0 Å². The molecule has 18 nitrogen and oxygen atoms in total. The molecule has 4 aromatic rings. The molecule has 0 aliphatic carbocycles. The average Bonchev–Trinajstić information content (AvgIpc) is 3.13. The molecular formula is C36H49ClN12O6S2. The predicted octanol–water partition coefficient (Wildman–Crippen LogP) is 4.16. The Labute approximate surface area is 338 Å². The molecular weight excluding hydrogens is 796 g/mol. The summed E-state index contributed by atoms with van der Waals surface area (Å²) in [4.78, 5) is 58.9. The highest BCUT2D eigenvalue weighted by Gasteiger charge is 2.39. The molecule has 0 saturated heterocycles. The van der Waals surface area contributed by atoms with Crippen LogP contribution >= 0.6 is 10.7 Å². The van der Waals surface area contributed by atoms with E-state index in [0.717, 1.165) is 36.0 Å². The number of anilines is 6. The zero-order chi connectivity index (χ0) is 42.6. The molecule has 2 amide bonds. The molecule has 0 saturated carbocycles. The SMILES string of the molecule is CC[C@@H]1C(=O)N(C)c2cnc(-c3ccncc3N)nc2N1C(C)C.CC[C@@H]1C(=O)N(C)c2cnc(-c3ccncc3NS(C)(=O)=O)nc2N1C(C)C.CS(=O)(=O)Cl. The molecule has 0 fully saturated rings. The van der Waals surface area contributed by atoms with Crippen molar-refractivity contribution in [3.05, 3.63) is 49.3 Å². The van der Waals surface area contributed by atoms with Crippen molar-refractivity contribution in [3.8, 4) is 22.8 Å². The smallest absolute Gasteiger partial charge is 0.249 e. The lowest BCUT2D eigenvalue weighted by Crippen LogP contribution is -2.54. The minimum absolute atomic E-state index is 0.00314. The molecule has 0 unspecified atom stereocenters. The number of fused-ring (bicyclic) bond motifs is 2. The second-order valence-corrected chi connectivity index (χ2v) is 18.7. The number of hydrogen-bond donors (Lipinski definition) is 2. The van der Waals surface area contributed by atoms with Crippen LogP contribution < -0.4 is 30.1 Å². The van der Waals surface area contributed by atoms with Gasteiger partial charge in [0.25, 0.3) is 0 Å². The molecule has 0 spiro atoms. The van der Waals surface area contributed by atoms with Crippen molar-refractivity contribution >= 4 is 76.0 Å². The fourth-order valence-corrected chi connectivity index (χ4v) is 7.06. The van der Waals surface area contributed by atoms with Crippen LogP contribution in [0, 0.1) is 0 Å². The number of nitrogens with two attached hydrogens (primary N) is 1. The monoisotopic (exact) mass is 844 g/mol. The van der Waals surface area contributed by atoms with Crippen molar-refractivity contribution in [3.63, 3.8) is 0 Å². The van der Waals surface area contributed by atoms with Gasteiger partial charge in [-0.05, 0) is 52.7 Å². The Hall–Kier alpha value is -5.21. The summed E-state index contributed by atoms with van der Waals surface area (Å²) in [5.41, 5.74) is 9.43. The highest BCUT2D eigenvalue weighted by Crippen LogP contribution is 2.39. The predicted molar refractivity (Wildman–Crippen MR) is 224 cm³/mol. The number of rotatable bonds is 8. The summed E-state index contributed by atoms with van der Waals surface area (Å²) in [6, 6.07) is 3.11. The fourth-order valence-electron chi connectivity index (χ4n) is 6.50. The number of aromatic nitrogens is 6. The van der Waals surface area contributed by atoms with Crippen molar-refractivity contribution in [1.29, 1.82) is 0 Å². The first-order valence-electron chi connectivity index (χ1n) is 18.0. The Morgan fingerprint density at radius 1 is 0.737 bits per heavy atom. The third kappa shape index (κ3) is 10.4. The van der Waals surface area contributed by atoms with E-state index in [4.69, 9.17) is 15.7 Å². The number of sulfonamides is 1. The molecule has 308 valence electrons. The maximum absolute atomic E-state index is 12.7. The molecule has 2 aliphatic heterocycles. The zero-order valence-corrected chi connectivity index (χ0v) is 35.9. The first kappa shape index (κ1) is 44.5. The number of nitrogens with zero attached hydrogens (tertiary/aromatic N) is 10. The molecule has 0 aromatic carbocycles. The van der Waals surface area contributed by atoms with Crippen molar-refractivity contribution in [2.75, 3.05) is 56.7 Å². The standard InChI is InChI=1S/C18H24N6O3S.C17H22N6O.CH3ClO2S/c1-6-14-18(25)23(4)15-10-20-16(21-17(15)24(14)11(2)3)12-7-8-19-9-13(12)22-28(5,26)27;1-5-13-17(24)22(4)14-9-20-15(11-6-7-19-8-12(11)18)21-16(14)23(13)10(2)3;1-5(2,3)4/h7-11,14,22H,6H2,1-5H3;6-10,13H,5,18H2,1-4H3;1H3/t14-;13-;/m11./s1. The molecule has 21 heteroatoms. The number of hydrogen-bond acceptors (Lipinski definition) is 15. The van der Waals surface area contributed by atoms with Crippen LogP contribution in [-0.2, 0) is 28.7 Å². The maximum Gasteiger partial charge on any atom is 0.249 e. The van der Waals surface area contributed by atoms with E-state index in [1.807, 2.05) is 32.6 Å². The van der Waals surface area contributed by atoms with Gasteiger partial charge in [-0.1, -0.05) is 13.8 Å². The van der Waals surface area contributed by atoms with Crippen molar-refractivity contribution in [1.82, 2.24) is 29.9 Å². The first-order valence-corrected chi connectivity index (χ1v) is 22.6. The van der Waals surface area contributed by atoms with Gasteiger partial charge in [0.2, 0.25) is 30.9 Å². The van der Waals surface area contributed by atoms with E-state index in [1.54, 1.807) is 67.0 Å². The Morgan fingerprint density at radius 3 is 1.53 bits per heavy atom. The number of likely N-dealkylation sites (N-methyl/N-ethyl adjacent to an activating group) is 2. The molecule has 3 N–H and O–H groups in total. The number of halogens is 1. The molecule has 0 bridgehead atoms. The normalized spacial score (nSPS) is 16.7. The second-order valence-electron chi connectivity index (χ2n) is 13.9. The molecule has 2 atom stereocenters. The maximum atomic E-state index is 12.7. The van der Waals surface area contributed by atoms with Crippen LogP contribution in [0.1, 0.15) is 54.4 Å². The minimum Gasteiger partial charge on any atom is -0.397 e. The highest BCUT2D eigenvalue weighted by molar-refractivity contribution is 8.13. The Morgan fingerprint density at radius 2 is 1.14 bits per heavy atom. The quantitative estimate of drug-likeness (QED) is 0.237. The zero-order valence-electron chi connectivity index (χ0n) is 33.5. The Balaban J connectivity index is 0.000000228. The second kappa shape index (κ2) is 17.9. The summed E-state index contributed by atoms with van der Waals surface area (Å²) in [7, 11) is 1.31. The lowest BCUT2D eigenvalue weighted by Gasteiger charge is -2.42. The van der Waals surface area contributed by atoms with Crippen molar-refractivity contribution in [2.24, 2.45) is 0 Å². The van der Waals surface area contributed by atoms with Gasteiger partial charge in [-0.2, -0.15) is 0 Å². The summed E-state index contributed by atoms with van der Waals surface area (Å²) in [5, 5.41) is 0. The topological polar surface area (TPSA) is 231 Å². The van der Waals surface area contributed by atoms with Gasteiger partial charge in [0.1, 0.15) is 23.5 Å². The van der Waals surface area contributed by atoms with E-state index < -0.39 is 19.1 Å². The fraction of sp³-hybridized carbons (Fsp3) is 0.444. The van der Waals surface area contributed by atoms with E-state index in [9.17, 15) is 26.4 Å². The highest BCUT2D eigenvalue weighted by atomic mass is 35.7. The van der Waals surface area contributed by atoms with Gasteiger partial charge in [-0.15, -0.1) is 0 Å². The van der Waals surface area contributed by atoms with E-state index in [2.05, 4.69) is 54.1 Å². The third-order valence-electron chi connectivity index (χ3n) is 8.95. The molecule has 57 heavy (non-hydrogen) atoms. The van der Waals surface area contributed by atoms with Gasteiger partial charge in [0, 0.05) is 60.4 Å². The summed E-state index contributed by atoms with van der Waals surface area (Å²) in [5.74, 6) is 2.38. The first-order chi connectivity index (χ1) is 26.6. The number of nitrogens with one attached hydrogen (secondary N) is 1. The number of carbonyl (C=O) groups is 2. The third-order valence-corrected chi connectivity index (χ3v) is 9.54. The van der Waals surface area contributed by atoms with Crippen LogP contribution in [-0.4, -0.2) is 109 Å². The van der Waals surface area contributed by atoms with E-state index in [0.29, 0.717) is 46.5 Å². The van der Waals surface area contributed by atoms with Crippen LogP contribution in [0.25, 0.3) is 22.8 Å². The lowest BCUT2D eigenvalue weighted by molar-refractivity contribution is -0.120. The Bertz CT molecular complexity index is 2320.